The predicted molar refractivity (Wildman–Crippen MR) is 159 cm³/mol. The van der Waals surface area contributed by atoms with Gasteiger partial charge in [0, 0.05) is 19.5 Å². The minimum absolute atomic E-state index is 0.0228. The van der Waals surface area contributed by atoms with Gasteiger partial charge in [-0.05, 0) is 100 Å². The minimum Gasteiger partial charge on any atom is -0.463 e. The van der Waals surface area contributed by atoms with Crippen molar-refractivity contribution in [1.29, 1.82) is 5.26 Å². The van der Waals surface area contributed by atoms with Crippen molar-refractivity contribution in [2.75, 3.05) is 37.8 Å². The zero-order valence-electron chi connectivity index (χ0n) is 26.3. The third kappa shape index (κ3) is 7.17. The molecule has 1 heterocycles. The number of nitrogens with zero attached hydrogens (tertiary/aromatic N) is 3. The molecule has 5 fully saturated rings. The molecule has 10 nitrogen and oxygen atoms in total. The second-order valence-corrected chi connectivity index (χ2v) is 13.9. The van der Waals surface area contributed by atoms with Crippen molar-refractivity contribution in [2.24, 2.45) is 23.2 Å². The molecule has 4 bridgehead atoms. The number of ether oxygens (including phenoxy) is 2. The molecule has 0 radical (unpaired) electrons. The number of alkyl halides is 3. The Morgan fingerprint density at radius 1 is 1.04 bits per heavy atom. The number of benzene rings is 1. The minimum atomic E-state index is -4.85. The lowest BCUT2D eigenvalue weighted by Gasteiger charge is -2.56. The van der Waals surface area contributed by atoms with Gasteiger partial charge in [0.25, 0.3) is 5.91 Å². The van der Waals surface area contributed by atoms with E-state index in [9.17, 15) is 32.3 Å². The monoisotopic (exact) mass is 646 g/mol. The molecule has 1 aromatic rings. The summed E-state index contributed by atoms with van der Waals surface area (Å²) >= 11 is 0. The molecule has 1 aromatic carbocycles. The van der Waals surface area contributed by atoms with Crippen LogP contribution in [-0.2, 0) is 30.0 Å². The second kappa shape index (κ2) is 13.2. The number of imide groups is 1. The molecule has 46 heavy (non-hydrogen) atoms. The highest BCUT2D eigenvalue weighted by Crippen LogP contribution is 2.61. The zero-order valence-corrected chi connectivity index (χ0v) is 26.3. The summed E-state index contributed by atoms with van der Waals surface area (Å²) in [6.45, 7) is 3.84. The van der Waals surface area contributed by atoms with Crippen LogP contribution in [0.2, 0.25) is 0 Å². The van der Waals surface area contributed by atoms with Crippen molar-refractivity contribution in [3.05, 3.63) is 29.3 Å². The van der Waals surface area contributed by atoms with Crippen LogP contribution in [0.5, 0.6) is 0 Å². The van der Waals surface area contributed by atoms with Crippen LogP contribution in [0.4, 0.5) is 23.7 Å². The predicted octanol–water partition coefficient (Wildman–Crippen LogP) is 5.19. The molecule has 1 aliphatic heterocycles. The molecule has 6 rings (SSSR count). The summed E-state index contributed by atoms with van der Waals surface area (Å²) in [4.78, 5) is 53.0. The topological polar surface area (TPSA) is 129 Å². The third-order valence-electron chi connectivity index (χ3n) is 10.0. The number of anilines is 1. The molecular weight excluding hydrogens is 605 g/mol. The van der Waals surface area contributed by atoms with Gasteiger partial charge in [0.05, 0.1) is 42.5 Å². The zero-order chi connectivity index (χ0) is 33.3. The van der Waals surface area contributed by atoms with Crippen LogP contribution in [0, 0.1) is 34.5 Å². The van der Waals surface area contributed by atoms with Gasteiger partial charge in [-0.2, -0.15) is 18.4 Å². The van der Waals surface area contributed by atoms with Crippen molar-refractivity contribution in [3.8, 4) is 6.07 Å². The van der Waals surface area contributed by atoms with Gasteiger partial charge < -0.3 is 19.7 Å². The summed E-state index contributed by atoms with van der Waals surface area (Å²) in [7, 11) is 0. The SMILES string of the molecule is CC1(C)C(=O)N(c2ccc(C#N)c(C(F)(F)F)c2)C(=O)N1CCCC(=O)NCCOCCOC(=O)CC12CC3CC(CC(C3)C1)C2. The maximum Gasteiger partial charge on any atom is 0.417 e. The van der Waals surface area contributed by atoms with Crippen LogP contribution < -0.4 is 10.2 Å². The standard InChI is InChI=1S/C33H41F3N4O6/c1-31(2)29(43)40(25-6-5-24(20-37)26(15-25)33(34,35)36)30(44)39(31)8-3-4-27(41)38-7-9-45-10-11-46-28(42)19-32-16-21-12-22(17-32)14-23(13-21)18-32/h5-6,15,21-23H,3-4,7-14,16-19H2,1-2H3,(H,38,41). The molecular formula is C33H41F3N4O6. The van der Waals surface area contributed by atoms with Crippen LogP contribution >= 0.6 is 0 Å². The number of halogens is 3. The largest absolute Gasteiger partial charge is 0.463 e. The van der Waals surface area contributed by atoms with E-state index in [2.05, 4.69) is 5.32 Å². The average Bonchev–Trinajstić information content (AvgIpc) is 3.13. The number of amides is 4. The number of rotatable bonds is 13. The van der Waals surface area contributed by atoms with Crippen LogP contribution in [0.25, 0.3) is 0 Å². The van der Waals surface area contributed by atoms with Crippen molar-refractivity contribution in [1.82, 2.24) is 10.2 Å². The average molecular weight is 647 g/mol. The van der Waals surface area contributed by atoms with E-state index < -0.39 is 34.8 Å². The van der Waals surface area contributed by atoms with E-state index in [0.717, 1.165) is 49.1 Å². The fourth-order valence-corrected chi connectivity index (χ4v) is 8.37. The molecule has 0 aromatic heterocycles. The Labute approximate surface area is 266 Å². The van der Waals surface area contributed by atoms with E-state index in [4.69, 9.17) is 14.7 Å². The summed E-state index contributed by atoms with van der Waals surface area (Å²) < 4.78 is 51.3. The first kappa shape index (κ1) is 33.7. The Morgan fingerprint density at radius 2 is 1.70 bits per heavy atom. The number of urea groups is 1. The smallest absolute Gasteiger partial charge is 0.417 e. The summed E-state index contributed by atoms with van der Waals surface area (Å²) in [5, 5.41) is 11.8. The highest BCUT2D eigenvalue weighted by molar-refractivity contribution is 6.23. The Balaban J connectivity index is 0.985. The van der Waals surface area contributed by atoms with E-state index in [1.807, 2.05) is 0 Å². The lowest BCUT2D eigenvalue weighted by molar-refractivity contribution is -0.153. The fourth-order valence-electron chi connectivity index (χ4n) is 8.37. The molecule has 5 aliphatic rings. The lowest BCUT2D eigenvalue weighted by atomic mass is 9.49. The summed E-state index contributed by atoms with van der Waals surface area (Å²) in [5.41, 5.74) is -3.36. The van der Waals surface area contributed by atoms with E-state index in [1.165, 1.54) is 44.1 Å². The normalized spacial score (nSPS) is 26.4. The highest BCUT2D eigenvalue weighted by atomic mass is 19.4. The third-order valence-corrected chi connectivity index (χ3v) is 10.0. The fraction of sp³-hybridized carbons (Fsp3) is 0.667. The van der Waals surface area contributed by atoms with Gasteiger partial charge in [-0.15, -0.1) is 0 Å². The number of nitriles is 1. The highest BCUT2D eigenvalue weighted by Gasteiger charge is 2.53. The van der Waals surface area contributed by atoms with E-state index >= 15 is 0 Å². The number of hydrogen-bond donors (Lipinski definition) is 1. The maximum absolute atomic E-state index is 13.5. The number of hydrogen-bond acceptors (Lipinski definition) is 7. The van der Waals surface area contributed by atoms with Crippen molar-refractivity contribution in [2.45, 2.75) is 83.4 Å². The van der Waals surface area contributed by atoms with Gasteiger partial charge in [-0.25, -0.2) is 9.69 Å². The van der Waals surface area contributed by atoms with E-state index in [-0.39, 0.29) is 68.7 Å². The molecule has 13 heteroatoms. The molecule has 0 spiro atoms. The lowest BCUT2D eigenvalue weighted by Crippen LogP contribution is -2.47. The van der Waals surface area contributed by atoms with Crippen LogP contribution in [0.3, 0.4) is 0 Å². The van der Waals surface area contributed by atoms with Crippen molar-refractivity contribution < 1.29 is 41.8 Å². The van der Waals surface area contributed by atoms with E-state index in [0.29, 0.717) is 17.4 Å². The maximum atomic E-state index is 13.5. The van der Waals surface area contributed by atoms with E-state index in [1.54, 1.807) is 0 Å². The number of nitrogens with one attached hydrogen (secondary N) is 1. The van der Waals surface area contributed by atoms with Gasteiger partial charge in [0.15, 0.2) is 0 Å². The van der Waals surface area contributed by atoms with Crippen LogP contribution in [0.15, 0.2) is 18.2 Å². The Hall–Kier alpha value is -3.66. The van der Waals surface area contributed by atoms with Crippen molar-refractivity contribution in [3.63, 3.8) is 0 Å². The van der Waals surface area contributed by atoms with Crippen LogP contribution in [0.1, 0.15) is 82.8 Å². The first-order valence-electron chi connectivity index (χ1n) is 16.0. The molecule has 250 valence electrons. The first-order valence-corrected chi connectivity index (χ1v) is 16.0. The number of carbonyl (C=O) groups is 4. The van der Waals surface area contributed by atoms with Crippen molar-refractivity contribution >= 4 is 29.5 Å². The van der Waals surface area contributed by atoms with Gasteiger partial charge in [0.1, 0.15) is 12.1 Å². The Morgan fingerprint density at radius 3 is 2.30 bits per heavy atom. The molecule has 4 aliphatic carbocycles. The number of esters is 1. The quantitative estimate of drug-likeness (QED) is 0.178. The summed E-state index contributed by atoms with van der Waals surface area (Å²) in [6.07, 6.45) is 3.34. The van der Waals surface area contributed by atoms with Gasteiger partial charge in [-0.1, -0.05) is 0 Å². The summed E-state index contributed by atoms with van der Waals surface area (Å²) in [5.74, 6) is 1.17. The summed E-state index contributed by atoms with van der Waals surface area (Å²) in [6, 6.07) is 3.35. The molecule has 0 unspecified atom stereocenters. The molecule has 4 saturated carbocycles. The Kier molecular flexibility index (Phi) is 9.68. The Bertz CT molecular complexity index is 1370. The van der Waals surface area contributed by atoms with Crippen LogP contribution in [-0.4, -0.2) is 67.2 Å². The second-order valence-electron chi connectivity index (χ2n) is 13.9. The van der Waals surface area contributed by atoms with Gasteiger partial charge in [0.2, 0.25) is 5.91 Å². The first-order chi connectivity index (χ1) is 21.7. The molecule has 1 saturated heterocycles. The molecule has 1 N–H and O–H groups in total. The molecule has 0 atom stereocenters. The van der Waals surface area contributed by atoms with Gasteiger partial charge in [-0.3, -0.25) is 14.4 Å². The molecule has 4 amide bonds. The van der Waals surface area contributed by atoms with Gasteiger partial charge >= 0.3 is 18.2 Å². The number of carbonyl (C=O) groups excluding carboxylic acids is 4.